The predicted molar refractivity (Wildman–Crippen MR) is 72.9 cm³/mol. The van der Waals surface area contributed by atoms with Crippen molar-refractivity contribution in [3.63, 3.8) is 0 Å². The Morgan fingerprint density at radius 3 is 2.36 bits per heavy atom. The maximum Gasteiger partial charge on any atom is 0.350 e. The summed E-state index contributed by atoms with van der Waals surface area (Å²) in [6, 6.07) is 3.30. The van der Waals surface area contributed by atoms with Crippen LogP contribution in [0.2, 0.25) is 0 Å². The molecule has 8 heteroatoms. The third-order valence-electron chi connectivity index (χ3n) is 2.68. The van der Waals surface area contributed by atoms with Crippen molar-refractivity contribution in [3.05, 3.63) is 41.4 Å². The van der Waals surface area contributed by atoms with Gasteiger partial charge in [0.15, 0.2) is 5.57 Å². The summed E-state index contributed by atoms with van der Waals surface area (Å²) in [5, 5.41) is 2.53. The van der Waals surface area contributed by atoms with Crippen molar-refractivity contribution in [3.8, 4) is 0 Å². The van der Waals surface area contributed by atoms with Crippen molar-refractivity contribution in [2.45, 2.75) is 19.6 Å². The number of ether oxygens (including phenoxy) is 2. The second-order valence-electron chi connectivity index (χ2n) is 4.97. The largest absolute Gasteiger partial charge is 0.419 e. The molecule has 1 aliphatic rings. The number of halogens is 1. The fourth-order valence-electron chi connectivity index (χ4n) is 1.75. The molecule has 1 aliphatic heterocycles. The number of nitrogens with one attached hydrogen (secondary N) is 1. The van der Waals surface area contributed by atoms with Crippen LogP contribution in [0, 0.1) is 5.82 Å². The maximum atomic E-state index is 13.4. The van der Waals surface area contributed by atoms with Crippen molar-refractivity contribution in [1.82, 2.24) is 0 Å². The molecule has 0 radical (unpaired) electrons. The highest BCUT2D eigenvalue weighted by atomic mass is 19.1. The van der Waals surface area contributed by atoms with Crippen LogP contribution >= 0.6 is 0 Å². The topological polar surface area (TPSA) is 108 Å². The lowest BCUT2D eigenvalue weighted by atomic mass is 10.2. The molecule has 1 amide bonds. The number of esters is 2. The van der Waals surface area contributed by atoms with E-state index < -0.39 is 29.5 Å². The first-order valence-electron chi connectivity index (χ1n) is 6.22. The van der Waals surface area contributed by atoms with Gasteiger partial charge in [-0.05, 0) is 18.2 Å². The zero-order chi connectivity index (χ0) is 16.5. The summed E-state index contributed by atoms with van der Waals surface area (Å²) < 4.78 is 23.1. The highest BCUT2D eigenvalue weighted by Crippen LogP contribution is 2.23. The standard InChI is InChI=1S/C14H13FN2O5/c1-14(2)21-12(19)10(13(20)22-14)6-17-9-4-7(11(16)18)3-8(15)5-9/h3-6,17H,1-2H3,(H2,16,18). The van der Waals surface area contributed by atoms with E-state index in [9.17, 15) is 18.8 Å². The number of cyclic esters (lactones) is 2. The molecular weight excluding hydrogens is 295 g/mol. The Labute approximate surface area is 124 Å². The molecule has 0 spiro atoms. The zero-order valence-corrected chi connectivity index (χ0v) is 11.8. The Morgan fingerprint density at radius 1 is 1.23 bits per heavy atom. The Kier molecular flexibility index (Phi) is 3.85. The molecule has 0 aromatic heterocycles. The van der Waals surface area contributed by atoms with E-state index in [1.54, 1.807) is 0 Å². The molecule has 0 bridgehead atoms. The van der Waals surface area contributed by atoms with E-state index in [4.69, 9.17) is 15.2 Å². The van der Waals surface area contributed by atoms with Crippen LogP contribution in [-0.4, -0.2) is 23.6 Å². The normalized spacial score (nSPS) is 16.6. The number of carbonyl (C=O) groups excluding carboxylic acids is 3. The average Bonchev–Trinajstić information content (AvgIpc) is 2.35. The van der Waals surface area contributed by atoms with E-state index in [-0.39, 0.29) is 16.8 Å². The van der Waals surface area contributed by atoms with Crippen LogP contribution in [0.3, 0.4) is 0 Å². The number of hydrogen-bond acceptors (Lipinski definition) is 6. The summed E-state index contributed by atoms with van der Waals surface area (Å²) in [5.41, 5.74) is 4.75. The number of carbonyl (C=O) groups is 3. The van der Waals surface area contributed by atoms with Crippen molar-refractivity contribution in [2.24, 2.45) is 5.73 Å². The van der Waals surface area contributed by atoms with E-state index in [1.165, 1.54) is 19.9 Å². The summed E-state index contributed by atoms with van der Waals surface area (Å²) >= 11 is 0. The van der Waals surface area contributed by atoms with Gasteiger partial charge in [0.2, 0.25) is 5.91 Å². The molecule has 1 fully saturated rings. The lowest BCUT2D eigenvalue weighted by Crippen LogP contribution is -2.42. The van der Waals surface area contributed by atoms with Gasteiger partial charge in [0.1, 0.15) is 5.82 Å². The van der Waals surface area contributed by atoms with Gasteiger partial charge in [0, 0.05) is 31.3 Å². The van der Waals surface area contributed by atoms with Crippen LogP contribution in [0.1, 0.15) is 24.2 Å². The molecule has 1 aromatic carbocycles. The minimum atomic E-state index is -1.34. The zero-order valence-electron chi connectivity index (χ0n) is 11.8. The minimum absolute atomic E-state index is 0.0594. The number of primary amides is 1. The van der Waals surface area contributed by atoms with Crippen molar-refractivity contribution >= 4 is 23.5 Å². The number of nitrogens with two attached hydrogens (primary N) is 1. The van der Waals surface area contributed by atoms with Gasteiger partial charge >= 0.3 is 11.9 Å². The molecular formula is C14H13FN2O5. The number of amides is 1. The molecule has 0 aliphatic carbocycles. The summed E-state index contributed by atoms with van der Waals surface area (Å²) in [7, 11) is 0. The molecule has 116 valence electrons. The molecule has 1 saturated heterocycles. The molecule has 3 N–H and O–H groups in total. The highest BCUT2D eigenvalue weighted by molar-refractivity contribution is 6.15. The third kappa shape index (κ3) is 3.40. The second-order valence-corrected chi connectivity index (χ2v) is 4.97. The van der Waals surface area contributed by atoms with E-state index >= 15 is 0 Å². The molecule has 7 nitrogen and oxygen atoms in total. The smallest absolute Gasteiger partial charge is 0.350 e. The van der Waals surface area contributed by atoms with Gasteiger partial charge < -0.3 is 20.5 Å². The third-order valence-corrected chi connectivity index (χ3v) is 2.68. The summed E-state index contributed by atoms with van der Waals surface area (Å²) in [6.45, 7) is 2.83. The lowest BCUT2D eigenvalue weighted by Gasteiger charge is -2.29. The van der Waals surface area contributed by atoms with E-state index in [1.807, 2.05) is 0 Å². The van der Waals surface area contributed by atoms with Gasteiger partial charge in [0.25, 0.3) is 5.79 Å². The Morgan fingerprint density at radius 2 is 1.82 bits per heavy atom. The van der Waals surface area contributed by atoms with Crippen LogP contribution in [0.15, 0.2) is 30.0 Å². The first kappa shape index (κ1) is 15.5. The fourth-order valence-corrected chi connectivity index (χ4v) is 1.75. The first-order valence-corrected chi connectivity index (χ1v) is 6.22. The van der Waals surface area contributed by atoms with Gasteiger partial charge in [-0.1, -0.05) is 0 Å². The Balaban J connectivity index is 2.23. The molecule has 0 saturated carbocycles. The number of anilines is 1. The molecule has 2 rings (SSSR count). The Hall–Kier alpha value is -2.90. The average molecular weight is 308 g/mol. The molecule has 0 atom stereocenters. The van der Waals surface area contributed by atoms with Gasteiger partial charge in [0.05, 0.1) is 0 Å². The van der Waals surface area contributed by atoms with Crippen LogP contribution in [0.25, 0.3) is 0 Å². The van der Waals surface area contributed by atoms with E-state index in [2.05, 4.69) is 5.32 Å². The van der Waals surface area contributed by atoms with Gasteiger partial charge in [-0.2, -0.15) is 0 Å². The van der Waals surface area contributed by atoms with Gasteiger partial charge in [-0.15, -0.1) is 0 Å². The van der Waals surface area contributed by atoms with Crippen LogP contribution in [-0.2, 0) is 19.1 Å². The SMILES string of the molecule is CC1(C)OC(=O)C(=CNc2cc(F)cc(C(N)=O)c2)C(=O)O1. The van der Waals surface area contributed by atoms with Crippen LogP contribution in [0.5, 0.6) is 0 Å². The molecule has 22 heavy (non-hydrogen) atoms. The predicted octanol–water partition coefficient (Wildman–Crippen LogP) is 1.06. The number of hydrogen-bond donors (Lipinski definition) is 2. The molecule has 1 heterocycles. The highest BCUT2D eigenvalue weighted by Gasteiger charge is 2.38. The van der Waals surface area contributed by atoms with E-state index in [0.717, 1.165) is 18.3 Å². The lowest BCUT2D eigenvalue weighted by molar-refractivity contribution is -0.222. The van der Waals surface area contributed by atoms with Crippen molar-refractivity contribution in [2.75, 3.05) is 5.32 Å². The van der Waals surface area contributed by atoms with E-state index in [0.29, 0.717) is 0 Å². The fraction of sp³-hybridized carbons (Fsp3) is 0.214. The molecule has 1 aromatic rings. The molecule has 0 unspecified atom stereocenters. The monoisotopic (exact) mass is 308 g/mol. The maximum absolute atomic E-state index is 13.4. The van der Waals surface area contributed by atoms with Crippen LogP contribution < -0.4 is 11.1 Å². The summed E-state index contributed by atoms with van der Waals surface area (Å²) in [5.74, 6) is -4.61. The van der Waals surface area contributed by atoms with Crippen molar-refractivity contribution in [1.29, 1.82) is 0 Å². The quantitative estimate of drug-likeness (QED) is 0.491. The van der Waals surface area contributed by atoms with Gasteiger partial charge in [-0.3, -0.25) is 4.79 Å². The van der Waals surface area contributed by atoms with Crippen LogP contribution in [0.4, 0.5) is 10.1 Å². The Bertz CT molecular complexity index is 674. The number of rotatable bonds is 3. The van der Waals surface area contributed by atoms with Crippen molar-refractivity contribution < 1.29 is 28.2 Å². The second kappa shape index (κ2) is 5.47. The first-order chi connectivity index (χ1) is 10.2. The number of benzene rings is 1. The minimum Gasteiger partial charge on any atom is -0.419 e. The summed E-state index contributed by atoms with van der Waals surface area (Å²) in [4.78, 5) is 34.5. The summed E-state index contributed by atoms with van der Waals surface area (Å²) in [6.07, 6.45) is 1.01. The van der Waals surface area contributed by atoms with Gasteiger partial charge in [-0.25, -0.2) is 14.0 Å².